The van der Waals surface area contributed by atoms with Crippen LogP contribution in [0.25, 0.3) is 0 Å². The SMILES string of the molecule is CC12CCCC(CS(=O)(=O)Cl)(C1)OC2. The molecule has 2 unspecified atom stereocenters. The Bertz CT molecular complexity index is 340. The molecule has 0 radical (unpaired) electrons. The van der Waals surface area contributed by atoms with E-state index < -0.39 is 14.7 Å². The highest BCUT2D eigenvalue weighted by Crippen LogP contribution is 2.50. The second-order valence-corrected chi connectivity index (χ2v) is 7.77. The fraction of sp³-hybridized carbons (Fsp3) is 1.00. The smallest absolute Gasteiger partial charge is 0.235 e. The minimum atomic E-state index is -3.45. The van der Waals surface area contributed by atoms with E-state index in [1.54, 1.807) is 0 Å². The van der Waals surface area contributed by atoms with Crippen molar-refractivity contribution < 1.29 is 13.2 Å². The molecule has 82 valence electrons. The van der Waals surface area contributed by atoms with Crippen LogP contribution in [0.2, 0.25) is 0 Å². The first-order valence-corrected chi connectivity index (χ1v) is 7.37. The molecule has 0 N–H and O–H groups in total. The van der Waals surface area contributed by atoms with E-state index in [2.05, 4.69) is 6.92 Å². The lowest BCUT2D eigenvalue weighted by Crippen LogP contribution is -2.38. The van der Waals surface area contributed by atoms with Crippen molar-refractivity contribution in [3.05, 3.63) is 0 Å². The van der Waals surface area contributed by atoms with Crippen LogP contribution in [0.3, 0.4) is 0 Å². The molecule has 0 aromatic rings. The largest absolute Gasteiger partial charge is 0.373 e. The summed E-state index contributed by atoms with van der Waals surface area (Å²) in [6, 6.07) is 0. The summed E-state index contributed by atoms with van der Waals surface area (Å²) < 4.78 is 27.8. The molecular formula is C9H15ClO3S. The van der Waals surface area contributed by atoms with Gasteiger partial charge in [0.1, 0.15) is 0 Å². The lowest BCUT2D eigenvalue weighted by atomic mass is 9.72. The van der Waals surface area contributed by atoms with Crippen molar-refractivity contribution in [3.8, 4) is 0 Å². The maximum Gasteiger partial charge on any atom is 0.235 e. The van der Waals surface area contributed by atoms with Gasteiger partial charge in [-0.2, -0.15) is 0 Å². The zero-order chi connectivity index (χ0) is 10.4. The van der Waals surface area contributed by atoms with Crippen molar-refractivity contribution in [2.75, 3.05) is 12.4 Å². The highest BCUT2D eigenvalue weighted by atomic mass is 35.7. The Labute approximate surface area is 89.2 Å². The fourth-order valence-electron chi connectivity index (χ4n) is 2.84. The number of halogens is 1. The standard InChI is InChI=1S/C9H15ClO3S/c1-8-3-2-4-9(5-8,13-6-8)7-14(10,11)12/h2-7H2,1H3. The van der Waals surface area contributed by atoms with Gasteiger partial charge in [0.15, 0.2) is 0 Å². The van der Waals surface area contributed by atoms with Gasteiger partial charge in [-0.3, -0.25) is 0 Å². The van der Waals surface area contributed by atoms with E-state index in [-0.39, 0.29) is 11.2 Å². The van der Waals surface area contributed by atoms with Gasteiger partial charge in [-0.25, -0.2) is 8.42 Å². The molecule has 3 nitrogen and oxygen atoms in total. The van der Waals surface area contributed by atoms with Gasteiger partial charge in [0.2, 0.25) is 9.05 Å². The summed E-state index contributed by atoms with van der Waals surface area (Å²) in [7, 11) is 1.84. The number of rotatable bonds is 2. The Hall–Kier alpha value is 0.200. The Kier molecular flexibility index (Phi) is 2.37. The number of hydrogen-bond acceptors (Lipinski definition) is 3. The van der Waals surface area contributed by atoms with E-state index in [0.29, 0.717) is 6.61 Å². The van der Waals surface area contributed by atoms with Crippen LogP contribution < -0.4 is 0 Å². The predicted molar refractivity (Wildman–Crippen MR) is 54.9 cm³/mol. The van der Waals surface area contributed by atoms with Crippen molar-refractivity contribution in [3.63, 3.8) is 0 Å². The Morgan fingerprint density at radius 1 is 1.43 bits per heavy atom. The third-order valence-electron chi connectivity index (χ3n) is 3.32. The number of ether oxygens (including phenoxy) is 1. The number of fused-ring (bicyclic) bond motifs is 2. The molecule has 2 rings (SSSR count). The topological polar surface area (TPSA) is 43.4 Å². The zero-order valence-corrected chi connectivity index (χ0v) is 9.83. The molecule has 0 spiro atoms. The molecule has 2 fully saturated rings. The Balaban J connectivity index is 2.18. The molecular weight excluding hydrogens is 224 g/mol. The molecule has 5 heteroatoms. The molecule has 0 aromatic carbocycles. The minimum Gasteiger partial charge on any atom is -0.373 e. The first kappa shape index (κ1) is 10.7. The first-order valence-electron chi connectivity index (χ1n) is 4.89. The van der Waals surface area contributed by atoms with Crippen LogP contribution in [0.4, 0.5) is 0 Å². The summed E-state index contributed by atoms with van der Waals surface area (Å²) in [5.74, 6) is -0.0306. The first-order chi connectivity index (χ1) is 6.33. The molecule has 2 atom stereocenters. The molecule has 2 aliphatic rings. The lowest BCUT2D eigenvalue weighted by Gasteiger charge is -2.34. The Morgan fingerprint density at radius 2 is 2.14 bits per heavy atom. The van der Waals surface area contributed by atoms with Crippen molar-refractivity contribution in [1.29, 1.82) is 0 Å². The quantitative estimate of drug-likeness (QED) is 0.691. The third kappa shape index (κ3) is 2.07. The van der Waals surface area contributed by atoms with E-state index in [4.69, 9.17) is 15.4 Å². The second-order valence-electron chi connectivity index (χ2n) is 5.00. The van der Waals surface area contributed by atoms with E-state index in [9.17, 15) is 8.42 Å². The van der Waals surface area contributed by atoms with Crippen molar-refractivity contribution in [2.24, 2.45) is 5.41 Å². The van der Waals surface area contributed by atoms with Crippen LogP contribution >= 0.6 is 10.7 Å². The van der Waals surface area contributed by atoms with E-state index in [0.717, 1.165) is 25.7 Å². The van der Waals surface area contributed by atoms with Gasteiger partial charge in [0.05, 0.1) is 18.0 Å². The van der Waals surface area contributed by atoms with Crippen molar-refractivity contribution >= 4 is 19.7 Å². The molecule has 0 amide bonds. The van der Waals surface area contributed by atoms with Crippen molar-refractivity contribution in [1.82, 2.24) is 0 Å². The van der Waals surface area contributed by atoms with Gasteiger partial charge in [-0.1, -0.05) is 6.92 Å². The highest BCUT2D eigenvalue weighted by molar-refractivity contribution is 8.13. The van der Waals surface area contributed by atoms with Gasteiger partial charge in [-0.05, 0) is 31.1 Å². The summed E-state index contributed by atoms with van der Waals surface area (Å²) in [6.07, 6.45) is 3.85. The molecule has 1 heterocycles. The number of hydrogen-bond donors (Lipinski definition) is 0. The highest BCUT2D eigenvalue weighted by Gasteiger charge is 2.51. The predicted octanol–water partition coefficient (Wildman–Crippen LogP) is 1.90. The van der Waals surface area contributed by atoms with Gasteiger partial charge in [0.25, 0.3) is 0 Å². The molecule has 1 aliphatic carbocycles. The molecule has 1 aliphatic heterocycles. The maximum atomic E-state index is 11.1. The monoisotopic (exact) mass is 238 g/mol. The summed E-state index contributed by atoms with van der Waals surface area (Å²) in [5.41, 5.74) is -0.298. The summed E-state index contributed by atoms with van der Waals surface area (Å²) >= 11 is 0. The lowest BCUT2D eigenvalue weighted by molar-refractivity contribution is 0.0179. The molecule has 14 heavy (non-hydrogen) atoms. The van der Waals surface area contributed by atoms with Crippen LogP contribution in [0.5, 0.6) is 0 Å². The zero-order valence-electron chi connectivity index (χ0n) is 8.25. The van der Waals surface area contributed by atoms with E-state index >= 15 is 0 Å². The van der Waals surface area contributed by atoms with E-state index in [1.807, 2.05) is 0 Å². The summed E-state index contributed by atoms with van der Waals surface area (Å²) in [6.45, 7) is 2.84. The molecule has 2 bridgehead atoms. The summed E-state index contributed by atoms with van der Waals surface area (Å²) in [4.78, 5) is 0. The van der Waals surface area contributed by atoms with Crippen LogP contribution in [-0.4, -0.2) is 26.4 Å². The van der Waals surface area contributed by atoms with Gasteiger partial charge >= 0.3 is 0 Å². The van der Waals surface area contributed by atoms with Crippen LogP contribution in [0.1, 0.15) is 32.6 Å². The fourth-order valence-corrected chi connectivity index (χ4v) is 4.40. The van der Waals surface area contributed by atoms with Crippen molar-refractivity contribution in [2.45, 2.75) is 38.2 Å². The van der Waals surface area contributed by atoms with Crippen LogP contribution in [0.15, 0.2) is 0 Å². The average Bonchev–Trinajstić information content (AvgIpc) is 2.18. The molecule has 1 saturated heterocycles. The second kappa shape index (κ2) is 3.09. The third-order valence-corrected chi connectivity index (χ3v) is 4.52. The minimum absolute atomic E-state index is 0.0306. The van der Waals surface area contributed by atoms with Crippen LogP contribution in [0, 0.1) is 5.41 Å². The van der Waals surface area contributed by atoms with Crippen LogP contribution in [-0.2, 0) is 13.8 Å². The maximum absolute atomic E-state index is 11.1. The van der Waals surface area contributed by atoms with Gasteiger partial charge < -0.3 is 4.74 Å². The normalized spacial score (nSPS) is 42.7. The Morgan fingerprint density at radius 3 is 2.79 bits per heavy atom. The molecule has 1 saturated carbocycles. The molecule has 0 aromatic heterocycles. The summed E-state index contributed by atoms with van der Waals surface area (Å²) in [5, 5.41) is 0. The van der Waals surface area contributed by atoms with E-state index in [1.165, 1.54) is 0 Å². The average molecular weight is 239 g/mol. The van der Waals surface area contributed by atoms with Gasteiger partial charge in [-0.15, -0.1) is 0 Å². The van der Waals surface area contributed by atoms with Gasteiger partial charge in [0, 0.05) is 10.7 Å².